The molecule has 0 radical (unpaired) electrons. The van der Waals surface area contributed by atoms with Crippen LogP contribution in [0.2, 0.25) is 0 Å². The summed E-state index contributed by atoms with van der Waals surface area (Å²) < 4.78 is 11.1. The zero-order valence-electron chi connectivity index (χ0n) is 11.3. The summed E-state index contributed by atoms with van der Waals surface area (Å²) in [7, 11) is 1.61. The number of carboxylic acids is 1. The third-order valence-electron chi connectivity index (χ3n) is 2.75. The molecule has 5 nitrogen and oxygen atoms in total. The van der Waals surface area contributed by atoms with Crippen molar-refractivity contribution in [3.05, 3.63) is 28.2 Å². The average molecular weight is 347 g/mol. The molecular formula is C14H19BrO5. The minimum atomic E-state index is -0.847. The van der Waals surface area contributed by atoms with Gasteiger partial charge in [0.1, 0.15) is 12.4 Å². The van der Waals surface area contributed by atoms with Crippen LogP contribution < -0.4 is 4.74 Å². The molecule has 1 aromatic rings. The van der Waals surface area contributed by atoms with Crippen molar-refractivity contribution in [1.29, 1.82) is 0 Å². The van der Waals surface area contributed by atoms with Crippen LogP contribution in [0, 0.1) is 0 Å². The number of hydrogen-bond donors (Lipinski definition) is 2. The van der Waals surface area contributed by atoms with Crippen molar-refractivity contribution in [3.63, 3.8) is 0 Å². The van der Waals surface area contributed by atoms with E-state index in [0.717, 1.165) is 10.0 Å². The van der Waals surface area contributed by atoms with Crippen molar-refractivity contribution in [3.8, 4) is 5.75 Å². The van der Waals surface area contributed by atoms with Crippen LogP contribution >= 0.6 is 15.9 Å². The van der Waals surface area contributed by atoms with Gasteiger partial charge in [-0.3, -0.25) is 4.79 Å². The predicted molar refractivity (Wildman–Crippen MR) is 78.0 cm³/mol. The molecule has 0 aromatic heterocycles. The number of hydrogen-bond acceptors (Lipinski definition) is 4. The quantitative estimate of drug-likeness (QED) is 0.672. The number of ether oxygens (including phenoxy) is 2. The van der Waals surface area contributed by atoms with Crippen LogP contribution in [0.3, 0.4) is 0 Å². The lowest BCUT2D eigenvalue weighted by Gasteiger charge is -2.13. The number of aliphatic carboxylic acids is 1. The van der Waals surface area contributed by atoms with E-state index in [-0.39, 0.29) is 6.42 Å². The number of benzene rings is 1. The Bertz CT molecular complexity index is 436. The molecule has 0 bridgehead atoms. The molecule has 20 heavy (non-hydrogen) atoms. The maximum atomic E-state index is 10.4. The molecule has 0 heterocycles. The molecule has 112 valence electrons. The second kappa shape index (κ2) is 8.94. The van der Waals surface area contributed by atoms with Gasteiger partial charge in [0.15, 0.2) is 0 Å². The van der Waals surface area contributed by atoms with Gasteiger partial charge in [0.2, 0.25) is 0 Å². The Morgan fingerprint density at radius 2 is 2.15 bits per heavy atom. The van der Waals surface area contributed by atoms with Crippen molar-refractivity contribution >= 4 is 21.9 Å². The summed E-state index contributed by atoms with van der Waals surface area (Å²) in [5, 5.41) is 18.6. The highest BCUT2D eigenvalue weighted by molar-refractivity contribution is 9.10. The minimum absolute atomic E-state index is 0.0659. The number of rotatable bonds is 9. The number of halogens is 1. The summed E-state index contributed by atoms with van der Waals surface area (Å²) in [5.74, 6) is -0.163. The van der Waals surface area contributed by atoms with Crippen LogP contribution in [0.15, 0.2) is 22.7 Å². The third-order valence-corrected chi connectivity index (χ3v) is 3.37. The molecule has 0 aliphatic rings. The van der Waals surface area contributed by atoms with E-state index in [9.17, 15) is 9.90 Å². The molecule has 0 aliphatic heterocycles. The van der Waals surface area contributed by atoms with Crippen LogP contribution in [0.4, 0.5) is 0 Å². The van der Waals surface area contributed by atoms with E-state index >= 15 is 0 Å². The Kier molecular flexibility index (Phi) is 7.58. The summed E-state index contributed by atoms with van der Waals surface area (Å²) in [6.07, 6.45) is 0.262. The molecule has 6 heteroatoms. The van der Waals surface area contributed by atoms with Gasteiger partial charge in [0.05, 0.1) is 17.2 Å². The van der Waals surface area contributed by atoms with Crippen molar-refractivity contribution in [2.24, 2.45) is 0 Å². The summed E-state index contributed by atoms with van der Waals surface area (Å²) >= 11 is 3.39. The largest absolute Gasteiger partial charge is 0.490 e. The maximum absolute atomic E-state index is 10.4. The Labute approximate surface area is 126 Å². The van der Waals surface area contributed by atoms with Gasteiger partial charge in [-0.05, 0) is 46.5 Å². The third kappa shape index (κ3) is 5.90. The first-order valence-corrected chi connectivity index (χ1v) is 7.15. The molecule has 1 atom stereocenters. The topological polar surface area (TPSA) is 76.0 Å². The first-order valence-electron chi connectivity index (χ1n) is 6.35. The Hall–Kier alpha value is -1.11. The zero-order valence-corrected chi connectivity index (χ0v) is 12.9. The molecule has 0 saturated carbocycles. The molecule has 2 N–H and O–H groups in total. The standard InChI is InChI=1S/C14H19BrO5/c1-19-7-8-20-13-6-5-10(9-11(13)15)12(16)3-2-4-14(17)18/h5-6,9,12,16H,2-4,7-8H2,1H3,(H,17,18). The molecule has 0 aliphatic carbocycles. The van der Waals surface area contributed by atoms with Gasteiger partial charge in [-0.1, -0.05) is 6.07 Å². The minimum Gasteiger partial charge on any atom is -0.490 e. The lowest BCUT2D eigenvalue weighted by Crippen LogP contribution is -2.05. The van der Waals surface area contributed by atoms with Gasteiger partial charge >= 0.3 is 5.97 Å². The van der Waals surface area contributed by atoms with Gasteiger partial charge < -0.3 is 19.7 Å². The van der Waals surface area contributed by atoms with Gasteiger partial charge in [0, 0.05) is 13.5 Å². The molecule has 0 amide bonds. The van der Waals surface area contributed by atoms with E-state index in [0.29, 0.717) is 31.8 Å². The molecule has 1 rings (SSSR count). The fourth-order valence-corrected chi connectivity index (χ4v) is 2.20. The van der Waals surface area contributed by atoms with E-state index in [1.165, 1.54) is 0 Å². The van der Waals surface area contributed by atoms with Crippen molar-refractivity contribution in [2.75, 3.05) is 20.3 Å². The van der Waals surface area contributed by atoms with Gasteiger partial charge in [-0.2, -0.15) is 0 Å². The maximum Gasteiger partial charge on any atom is 0.303 e. The lowest BCUT2D eigenvalue weighted by molar-refractivity contribution is -0.137. The molecule has 0 fully saturated rings. The number of aliphatic hydroxyl groups excluding tert-OH is 1. The summed E-state index contributed by atoms with van der Waals surface area (Å²) in [6.45, 7) is 0.960. The van der Waals surface area contributed by atoms with E-state index in [4.69, 9.17) is 14.6 Å². The zero-order chi connectivity index (χ0) is 15.0. The smallest absolute Gasteiger partial charge is 0.303 e. The summed E-state index contributed by atoms with van der Waals surface area (Å²) in [6, 6.07) is 5.33. The SMILES string of the molecule is COCCOc1ccc(C(O)CCCC(=O)O)cc1Br. The number of carbonyl (C=O) groups is 1. The highest BCUT2D eigenvalue weighted by Crippen LogP contribution is 2.30. The highest BCUT2D eigenvalue weighted by atomic mass is 79.9. The van der Waals surface area contributed by atoms with E-state index in [1.54, 1.807) is 25.3 Å². The second-order valence-electron chi connectivity index (χ2n) is 4.33. The van der Waals surface area contributed by atoms with Crippen molar-refractivity contribution in [1.82, 2.24) is 0 Å². The highest BCUT2D eigenvalue weighted by Gasteiger charge is 2.11. The summed E-state index contributed by atoms with van der Waals surface area (Å²) in [5.41, 5.74) is 0.737. The first-order chi connectivity index (χ1) is 9.54. The molecule has 1 aromatic carbocycles. The van der Waals surface area contributed by atoms with Crippen LogP contribution in [0.1, 0.15) is 30.9 Å². The second-order valence-corrected chi connectivity index (χ2v) is 5.19. The number of methoxy groups -OCH3 is 1. The van der Waals surface area contributed by atoms with Crippen LogP contribution in [0.25, 0.3) is 0 Å². The van der Waals surface area contributed by atoms with Crippen LogP contribution in [-0.2, 0) is 9.53 Å². The van der Waals surface area contributed by atoms with E-state index < -0.39 is 12.1 Å². The fraction of sp³-hybridized carbons (Fsp3) is 0.500. The van der Waals surface area contributed by atoms with Crippen LogP contribution in [-0.4, -0.2) is 36.5 Å². The molecule has 0 spiro atoms. The van der Waals surface area contributed by atoms with Crippen molar-refractivity contribution in [2.45, 2.75) is 25.4 Å². The summed E-state index contributed by atoms with van der Waals surface area (Å²) in [4.78, 5) is 10.4. The predicted octanol–water partition coefficient (Wildman–Crippen LogP) is 2.76. The fourth-order valence-electron chi connectivity index (χ4n) is 1.69. The molecular weight excluding hydrogens is 328 g/mol. The first kappa shape index (κ1) is 16.9. The van der Waals surface area contributed by atoms with E-state index in [2.05, 4.69) is 15.9 Å². The molecule has 1 unspecified atom stereocenters. The van der Waals surface area contributed by atoms with Gasteiger partial charge in [-0.15, -0.1) is 0 Å². The Morgan fingerprint density at radius 1 is 1.40 bits per heavy atom. The molecule has 0 saturated heterocycles. The normalized spacial score (nSPS) is 12.2. The van der Waals surface area contributed by atoms with E-state index in [1.807, 2.05) is 0 Å². The average Bonchev–Trinajstić information content (AvgIpc) is 2.40. The number of carboxylic acid groups (broad SMARTS) is 1. The monoisotopic (exact) mass is 346 g/mol. The lowest BCUT2D eigenvalue weighted by atomic mass is 10.0. The van der Waals surface area contributed by atoms with Crippen molar-refractivity contribution < 1.29 is 24.5 Å². The Morgan fingerprint density at radius 3 is 2.75 bits per heavy atom. The Balaban J connectivity index is 2.54. The van der Waals surface area contributed by atoms with Gasteiger partial charge in [0.25, 0.3) is 0 Å². The van der Waals surface area contributed by atoms with Crippen LogP contribution in [0.5, 0.6) is 5.75 Å². The van der Waals surface area contributed by atoms with Gasteiger partial charge in [-0.25, -0.2) is 0 Å². The number of aliphatic hydroxyl groups is 1.